The van der Waals surface area contributed by atoms with Gasteiger partial charge in [-0.25, -0.2) is 0 Å². The Labute approximate surface area is 233 Å². The van der Waals surface area contributed by atoms with E-state index in [-0.39, 0.29) is 0 Å². The van der Waals surface area contributed by atoms with Gasteiger partial charge in [0.25, 0.3) is 0 Å². The minimum atomic E-state index is -0.987. The summed E-state index contributed by atoms with van der Waals surface area (Å²) in [6, 6.07) is 0. The van der Waals surface area contributed by atoms with E-state index in [2.05, 4.69) is 27.7 Å². The van der Waals surface area contributed by atoms with Crippen molar-refractivity contribution in [1.29, 1.82) is 0 Å². The Morgan fingerprint density at radius 1 is 0.286 bits per heavy atom. The summed E-state index contributed by atoms with van der Waals surface area (Å²) >= 11 is -1.97. The standard InChI is InChI=1S/4C8H17.2Al.O/c4*1-3-5-7-8-6-4-2;;;/h4*1,3-8H2,2H3;;;. The molecule has 3 heteroatoms. The summed E-state index contributed by atoms with van der Waals surface area (Å²) in [5.74, 6) is 0. The summed E-state index contributed by atoms with van der Waals surface area (Å²) in [7, 11) is 0. The van der Waals surface area contributed by atoms with E-state index in [9.17, 15) is 0 Å². The van der Waals surface area contributed by atoms with Crippen LogP contribution in [0.1, 0.15) is 182 Å². The third-order valence-electron chi connectivity index (χ3n) is 7.90. The lowest BCUT2D eigenvalue weighted by molar-refractivity contribution is 0.529. The Kier molecular flexibility index (Phi) is 32.2. The summed E-state index contributed by atoms with van der Waals surface area (Å²) in [6.07, 6.45) is 34.5. The molecular weight excluding hydrogens is 454 g/mol. The second kappa shape index (κ2) is 31.2. The lowest BCUT2D eigenvalue weighted by Gasteiger charge is -2.21. The molecule has 0 aliphatic carbocycles. The first-order valence-electron chi connectivity index (χ1n) is 16.9. The predicted octanol–water partition coefficient (Wildman–Crippen LogP) is 12.4. The van der Waals surface area contributed by atoms with Gasteiger partial charge < -0.3 is 2.84 Å². The van der Waals surface area contributed by atoms with Crippen LogP contribution in [0.5, 0.6) is 0 Å². The van der Waals surface area contributed by atoms with E-state index in [1.807, 2.05) is 0 Å². The molecule has 0 N–H and O–H groups in total. The fourth-order valence-electron chi connectivity index (χ4n) is 5.44. The zero-order valence-corrected chi connectivity index (χ0v) is 27.7. The van der Waals surface area contributed by atoms with E-state index in [4.69, 9.17) is 2.84 Å². The average Bonchev–Trinajstić information content (AvgIpc) is 2.87. The molecule has 1 nitrogen and oxygen atoms in total. The van der Waals surface area contributed by atoms with Crippen LogP contribution in [0.2, 0.25) is 21.1 Å². The van der Waals surface area contributed by atoms with Gasteiger partial charge in [-0.1, -0.05) is 203 Å². The molecule has 208 valence electrons. The maximum Gasteiger partial charge on any atom is 0.430 e. The topological polar surface area (TPSA) is 9.23 Å². The summed E-state index contributed by atoms with van der Waals surface area (Å²) < 4.78 is 7.24. The van der Waals surface area contributed by atoms with E-state index in [0.29, 0.717) is 0 Å². The molecule has 35 heavy (non-hydrogen) atoms. The molecule has 0 spiro atoms. The maximum absolute atomic E-state index is 7.24. The van der Waals surface area contributed by atoms with E-state index in [1.165, 1.54) is 175 Å². The molecule has 0 atom stereocenters. The average molecular weight is 523 g/mol. The largest absolute Gasteiger partial charge is 0.636 e. The third-order valence-corrected chi connectivity index (χ3v) is 15.2. The number of rotatable bonds is 30. The molecule has 0 unspecified atom stereocenters. The molecule has 0 aromatic heterocycles. The molecule has 0 bridgehead atoms. The van der Waals surface area contributed by atoms with Gasteiger partial charge in [-0.05, 0) is 0 Å². The van der Waals surface area contributed by atoms with Gasteiger partial charge in [0.15, 0.2) is 0 Å². The quantitative estimate of drug-likeness (QED) is 0.0673. The zero-order chi connectivity index (χ0) is 25.7. The van der Waals surface area contributed by atoms with Gasteiger partial charge in [0, 0.05) is 0 Å². The van der Waals surface area contributed by atoms with Crippen molar-refractivity contribution in [2.24, 2.45) is 0 Å². The zero-order valence-electron chi connectivity index (χ0n) is 25.4. The van der Waals surface area contributed by atoms with Crippen LogP contribution >= 0.6 is 0 Å². The second-order valence-electron chi connectivity index (χ2n) is 11.6. The molecule has 0 aliphatic rings. The van der Waals surface area contributed by atoms with Crippen molar-refractivity contribution in [3.8, 4) is 0 Å². The Balaban J connectivity index is 4.58. The molecule has 0 amide bonds. The van der Waals surface area contributed by atoms with Crippen LogP contribution in [-0.2, 0) is 2.84 Å². The van der Waals surface area contributed by atoms with E-state index in [0.717, 1.165) is 0 Å². The highest BCUT2D eigenvalue weighted by atomic mass is 27.3. The molecule has 0 radical (unpaired) electrons. The normalized spacial score (nSPS) is 11.3. The Morgan fingerprint density at radius 2 is 0.486 bits per heavy atom. The van der Waals surface area contributed by atoms with Crippen LogP contribution in [0, 0.1) is 0 Å². The van der Waals surface area contributed by atoms with Crippen molar-refractivity contribution in [2.45, 2.75) is 203 Å². The van der Waals surface area contributed by atoms with Gasteiger partial charge >= 0.3 is 29.0 Å². The molecule has 0 rings (SSSR count). The van der Waals surface area contributed by atoms with Gasteiger partial charge in [0.05, 0.1) is 0 Å². The van der Waals surface area contributed by atoms with Crippen LogP contribution < -0.4 is 0 Å². The monoisotopic (exact) mass is 522 g/mol. The first-order chi connectivity index (χ1) is 17.3. The first-order valence-corrected chi connectivity index (χ1v) is 21.1. The highest BCUT2D eigenvalue weighted by Crippen LogP contribution is 2.21. The molecule has 0 aliphatic heterocycles. The molecule has 0 saturated heterocycles. The van der Waals surface area contributed by atoms with E-state index < -0.39 is 29.0 Å². The Bertz CT molecular complexity index is 311. The summed E-state index contributed by atoms with van der Waals surface area (Å²) in [5, 5.41) is 5.93. The van der Waals surface area contributed by atoms with Gasteiger partial charge in [-0.2, -0.15) is 0 Å². The molecule has 0 fully saturated rings. The fraction of sp³-hybridized carbons (Fsp3) is 1.00. The SMILES string of the molecule is CCCCCCC[CH2][Al]([CH2]CCCCCCC)[O][Al]([CH2]CCCCCCC)[CH2]CCCCCCC. The summed E-state index contributed by atoms with van der Waals surface area (Å²) in [6.45, 7) is 9.32. The van der Waals surface area contributed by atoms with Crippen LogP contribution in [0.3, 0.4) is 0 Å². The van der Waals surface area contributed by atoms with E-state index in [1.54, 1.807) is 0 Å². The number of unbranched alkanes of at least 4 members (excludes halogenated alkanes) is 20. The van der Waals surface area contributed by atoms with Crippen molar-refractivity contribution in [2.75, 3.05) is 0 Å². The minimum Gasteiger partial charge on any atom is -0.636 e. The van der Waals surface area contributed by atoms with Gasteiger partial charge in [-0.3, -0.25) is 0 Å². The fourth-order valence-corrected chi connectivity index (χ4v) is 13.4. The lowest BCUT2D eigenvalue weighted by Crippen LogP contribution is -2.29. The van der Waals surface area contributed by atoms with Crippen molar-refractivity contribution >= 4 is 29.0 Å². The van der Waals surface area contributed by atoms with Crippen molar-refractivity contribution < 1.29 is 2.84 Å². The maximum atomic E-state index is 7.24. The van der Waals surface area contributed by atoms with Crippen LogP contribution in [0.25, 0.3) is 0 Å². The Hall–Kier alpha value is 1.02. The lowest BCUT2D eigenvalue weighted by atomic mass is 10.1. The molecule has 0 aromatic rings. The summed E-state index contributed by atoms with van der Waals surface area (Å²) in [4.78, 5) is 0. The van der Waals surface area contributed by atoms with Crippen LogP contribution in [0.15, 0.2) is 0 Å². The van der Waals surface area contributed by atoms with Crippen molar-refractivity contribution in [3.63, 3.8) is 0 Å². The third kappa shape index (κ3) is 27.9. The van der Waals surface area contributed by atoms with Crippen molar-refractivity contribution in [3.05, 3.63) is 0 Å². The molecule has 0 aromatic carbocycles. The Morgan fingerprint density at radius 3 is 0.714 bits per heavy atom. The highest BCUT2D eigenvalue weighted by Gasteiger charge is 2.27. The van der Waals surface area contributed by atoms with Crippen LogP contribution in [0.4, 0.5) is 0 Å². The minimum absolute atomic E-state index is 0.987. The number of hydrogen-bond acceptors (Lipinski definition) is 1. The van der Waals surface area contributed by atoms with Crippen molar-refractivity contribution in [1.82, 2.24) is 0 Å². The second-order valence-corrected chi connectivity index (χ2v) is 17.5. The molecular formula is C32H68Al2O. The predicted molar refractivity (Wildman–Crippen MR) is 165 cm³/mol. The highest BCUT2D eigenvalue weighted by molar-refractivity contribution is 6.66. The van der Waals surface area contributed by atoms with Gasteiger partial charge in [0.1, 0.15) is 0 Å². The molecule has 0 heterocycles. The van der Waals surface area contributed by atoms with Gasteiger partial charge in [0.2, 0.25) is 0 Å². The summed E-state index contributed by atoms with van der Waals surface area (Å²) in [5.41, 5.74) is 0. The smallest absolute Gasteiger partial charge is 0.430 e. The molecule has 0 saturated carbocycles. The van der Waals surface area contributed by atoms with Crippen LogP contribution in [-0.4, -0.2) is 29.0 Å². The van der Waals surface area contributed by atoms with Gasteiger partial charge in [-0.15, -0.1) is 0 Å². The first kappa shape index (κ1) is 36.0. The van der Waals surface area contributed by atoms with E-state index >= 15 is 0 Å². The number of hydrogen-bond donors (Lipinski definition) is 0.